The number of hydrogen-bond acceptors (Lipinski definition) is 4. The van der Waals surface area contributed by atoms with E-state index in [0.717, 1.165) is 18.4 Å². The summed E-state index contributed by atoms with van der Waals surface area (Å²) in [6.07, 6.45) is 19.8. The van der Waals surface area contributed by atoms with Crippen molar-refractivity contribution in [3.63, 3.8) is 0 Å². The third-order valence-electron chi connectivity index (χ3n) is 6.03. The fourth-order valence-corrected chi connectivity index (χ4v) is 3.94. The molecule has 0 aromatic heterocycles. The molecule has 1 aromatic rings. The van der Waals surface area contributed by atoms with E-state index in [9.17, 15) is 4.79 Å². The highest BCUT2D eigenvalue weighted by atomic mass is 16.8. The second kappa shape index (κ2) is 16.9. The van der Waals surface area contributed by atoms with Gasteiger partial charge in [-0.25, -0.2) is 0 Å². The Morgan fingerprint density at radius 1 is 0.969 bits per heavy atom. The van der Waals surface area contributed by atoms with Gasteiger partial charge in [-0.3, -0.25) is 4.79 Å². The third kappa shape index (κ3) is 11.3. The van der Waals surface area contributed by atoms with Crippen LogP contribution in [0, 0.1) is 5.92 Å². The molecule has 1 heterocycles. The molecule has 3 unspecified atom stereocenters. The summed E-state index contributed by atoms with van der Waals surface area (Å²) >= 11 is 0. The molecule has 0 saturated carbocycles. The number of hydrogen-bond donors (Lipinski definition) is 0. The van der Waals surface area contributed by atoms with Crippen LogP contribution < -0.4 is 0 Å². The number of carbonyl (C=O) groups is 1. The van der Waals surface area contributed by atoms with Crippen LogP contribution in [0.1, 0.15) is 109 Å². The van der Waals surface area contributed by atoms with E-state index in [-0.39, 0.29) is 18.5 Å². The first-order chi connectivity index (χ1) is 15.7. The van der Waals surface area contributed by atoms with Crippen LogP contribution in [0.15, 0.2) is 42.5 Å². The van der Waals surface area contributed by atoms with E-state index in [2.05, 4.69) is 19.1 Å². The van der Waals surface area contributed by atoms with Crippen LogP contribution >= 0.6 is 0 Å². The number of esters is 1. The van der Waals surface area contributed by atoms with Crippen molar-refractivity contribution < 1.29 is 19.0 Å². The Kier molecular flexibility index (Phi) is 14.1. The summed E-state index contributed by atoms with van der Waals surface area (Å²) in [5.41, 5.74) is 0.941. The lowest BCUT2D eigenvalue weighted by atomic mass is 10.0. The molecule has 2 rings (SSSR count). The number of carbonyl (C=O) groups excluding carboxylic acids is 1. The van der Waals surface area contributed by atoms with Gasteiger partial charge in [0.05, 0.1) is 5.92 Å². The Balaban J connectivity index is 1.43. The van der Waals surface area contributed by atoms with Crippen molar-refractivity contribution in [2.24, 2.45) is 5.92 Å². The van der Waals surface area contributed by atoms with E-state index >= 15 is 0 Å². The molecule has 0 aliphatic carbocycles. The first kappa shape index (κ1) is 26.6. The van der Waals surface area contributed by atoms with Crippen LogP contribution in [0.3, 0.4) is 0 Å². The van der Waals surface area contributed by atoms with Crippen LogP contribution in [-0.2, 0) is 19.0 Å². The Hall–Kier alpha value is -1.65. The molecule has 3 atom stereocenters. The average Bonchev–Trinajstić information content (AvgIpc) is 3.28. The lowest BCUT2D eigenvalue weighted by Crippen LogP contribution is -2.24. The van der Waals surface area contributed by atoms with Gasteiger partial charge in [-0.1, -0.05) is 108 Å². The summed E-state index contributed by atoms with van der Waals surface area (Å²) in [5, 5.41) is 0. The molecule has 1 aliphatic rings. The molecular weight excluding hydrogens is 400 g/mol. The highest BCUT2D eigenvalue weighted by molar-refractivity contribution is 5.72. The van der Waals surface area contributed by atoms with Crippen molar-refractivity contribution in [2.45, 2.75) is 110 Å². The highest BCUT2D eigenvalue weighted by Gasteiger charge is 2.31. The first-order valence-corrected chi connectivity index (χ1v) is 12.9. The van der Waals surface area contributed by atoms with Crippen molar-refractivity contribution in [1.29, 1.82) is 0 Å². The fraction of sp³-hybridized carbons (Fsp3) is 0.679. The van der Waals surface area contributed by atoms with Gasteiger partial charge in [0, 0.05) is 5.56 Å². The molecular formula is C28H44O4. The maximum atomic E-state index is 12.3. The maximum absolute atomic E-state index is 12.3. The van der Waals surface area contributed by atoms with Gasteiger partial charge in [0.2, 0.25) is 6.29 Å². The molecule has 4 heteroatoms. The maximum Gasteiger partial charge on any atom is 0.311 e. The van der Waals surface area contributed by atoms with E-state index in [1.165, 1.54) is 70.6 Å². The van der Waals surface area contributed by atoms with E-state index in [1.54, 1.807) is 0 Å². The van der Waals surface area contributed by atoms with Gasteiger partial charge in [0.1, 0.15) is 6.61 Å². The predicted molar refractivity (Wildman–Crippen MR) is 130 cm³/mol. The lowest BCUT2D eigenvalue weighted by Gasteiger charge is -2.15. The largest absolute Gasteiger partial charge is 0.433 e. The topological polar surface area (TPSA) is 44.8 Å². The third-order valence-corrected chi connectivity index (χ3v) is 6.03. The standard InChI is InChI=1S/C28H44O4/c1-3-4-5-6-7-8-9-10-11-12-13-14-15-17-20-24(2)27(29)31-26-23-30-28(32-26)25-21-18-16-19-22-25/h10-11,16,18-19,21-22,24,26,28H,3-9,12-15,17,20,23H2,1-2H3/b11-10-. The molecule has 0 bridgehead atoms. The molecule has 1 saturated heterocycles. The molecule has 0 amide bonds. The van der Waals surface area contributed by atoms with Gasteiger partial charge in [-0.2, -0.15) is 0 Å². The first-order valence-electron chi connectivity index (χ1n) is 12.9. The van der Waals surface area contributed by atoms with Gasteiger partial charge in [-0.05, 0) is 32.1 Å². The van der Waals surface area contributed by atoms with E-state index in [4.69, 9.17) is 14.2 Å². The molecule has 1 aromatic carbocycles. The van der Waals surface area contributed by atoms with Crippen LogP contribution in [0.2, 0.25) is 0 Å². The predicted octanol–water partition coefficient (Wildman–Crippen LogP) is 7.88. The molecule has 180 valence electrons. The zero-order valence-electron chi connectivity index (χ0n) is 20.3. The van der Waals surface area contributed by atoms with Gasteiger partial charge >= 0.3 is 5.97 Å². The summed E-state index contributed by atoms with van der Waals surface area (Å²) < 4.78 is 16.8. The SMILES string of the molecule is CCCCCCCC/C=C\CCCCCCC(C)C(=O)OC1COC(c2ccccc2)O1. The summed E-state index contributed by atoms with van der Waals surface area (Å²) in [6, 6.07) is 9.73. The minimum Gasteiger partial charge on any atom is -0.433 e. The van der Waals surface area contributed by atoms with Gasteiger partial charge < -0.3 is 14.2 Å². The number of allylic oxidation sites excluding steroid dienone is 2. The van der Waals surface area contributed by atoms with Crippen molar-refractivity contribution >= 4 is 5.97 Å². The summed E-state index contributed by atoms with van der Waals surface area (Å²) in [7, 11) is 0. The molecule has 4 nitrogen and oxygen atoms in total. The molecule has 0 spiro atoms. The minimum absolute atomic E-state index is 0.105. The second-order valence-electron chi connectivity index (χ2n) is 9.00. The van der Waals surface area contributed by atoms with Crippen molar-refractivity contribution in [3.05, 3.63) is 48.0 Å². The Morgan fingerprint density at radius 3 is 2.28 bits per heavy atom. The minimum atomic E-state index is -0.613. The smallest absolute Gasteiger partial charge is 0.311 e. The molecule has 0 N–H and O–H groups in total. The summed E-state index contributed by atoms with van der Waals surface area (Å²) in [4.78, 5) is 12.3. The summed E-state index contributed by atoms with van der Waals surface area (Å²) in [5.74, 6) is -0.295. The molecule has 1 aliphatic heterocycles. The Labute approximate surface area is 195 Å². The van der Waals surface area contributed by atoms with Gasteiger partial charge in [0.25, 0.3) is 0 Å². The normalized spacial score (nSPS) is 19.4. The number of benzene rings is 1. The monoisotopic (exact) mass is 444 g/mol. The number of rotatable bonds is 17. The van der Waals surface area contributed by atoms with E-state index < -0.39 is 12.6 Å². The van der Waals surface area contributed by atoms with Crippen molar-refractivity contribution in [1.82, 2.24) is 0 Å². The quantitative estimate of drug-likeness (QED) is 0.139. The molecule has 0 radical (unpaired) electrons. The van der Waals surface area contributed by atoms with Crippen LogP contribution in [0.4, 0.5) is 0 Å². The van der Waals surface area contributed by atoms with Crippen molar-refractivity contribution in [2.75, 3.05) is 6.61 Å². The molecule has 32 heavy (non-hydrogen) atoms. The summed E-state index contributed by atoms with van der Waals surface area (Å²) in [6.45, 7) is 4.49. The van der Waals surface area contributed by atoms with E-state index in [0.29, 0.717) is 0 Å². The highest BCUT2D eigenvalue weighted by Crippen LogP contribution is 2.27. The zero-order valence-corrected chi connectivity index (χ0v) is 20.3. The van der Waals surface area contributed by atoms with E-state index in [1.807, 2.05) is 37.3 Å². The number of unbranched alkanes of at least 4 members (excludes halogenated alkanes) is 10. The Bertz CT molecular complexity index is 628. The molecule has 1 fully saturated rings. The fourth-order valence-electron chi connectivity index (χ4n) is 3.94. The average molecular weight is 445 g/mol. The lowest BCUT2D eigenvalue weighted by molar-refractivity contribution is -0.181. The Morgan fingerprint density at radius 2 is 1.59 bits per heavy atom. The van der Waals surface area contributed by atoms with Crippen molar-refractivity contribution in [3.8, 4) is 0 Å². The number of ether oxygens (including phenoxy) is 3. The van der Waals surface area contributed by atoms with Crippen LogP contribution in [0.5, 0.6) is 0 Å². The second-order valence-corrected chi connectivity index (χ2v) is 9.00. The van der Waals surface area contributed by atoms with Gasteiger partial charge in [0.15, 0.2) is 6.29 Å². The van der Waals surface area contributed by atoms with Crippen LogP contribution in [0.25, 0.3) is 0 Å². The zero-order chi connectivity index (χ0) is 22.9. The van der Waals surface area contributed by atoms with Crippen LogP contribution in [-0.4, -0.2) is 18.9 Å². The van der Waals surface area contributed by atoms with Gasteiger partial charge in [-0.15, -0.1) is 0 Å².